The van der Waals surface area contributed by atoms with E-state index >= 15 is 0 Å². The quantitative estimate of drug-likeness (QED) is 0.399. The van der Waals surface area contributed by atoms with Crippen molar-refractivity contribution in [2.24, 2.45) is 0 Å². The Kier molecular flexibility index (Phi) is 10.1. The number of aromatic nitrogens is 1. The summed E-state index contributed by atoms with van der Waals surface area (Å²) in [5, 5.41) is 3.75. The second-order valence-corrected chi connectivity index (χ2v) is 3.79. The van der Waals surface area contributed by atoms with Crippen LogP contribution in [-0.2, 0) is 32.6 Å². The first kappa shape index (κ1) is 21.3. The van der Waals surface area contributed by atoms with Gasteiger partial charge in [-0.1, -0.05) is 47.8 Å². The molecule has 1 aromatic heterocycles. The Labute approximate surface area is 150 Å². The van der Waals surface area contributed by atoms with Gasteiger partial charge in [0.05, 0.1) is 0 Å². The molecule has 0 aliphatic heterocycles. The molecule has 0 amide bonds. The first-order valence-electron chi connectivity index (χ1n) is 5.30. The predicted molar refractivity (Wildman–Crippen MR) is 64.0 cm³/mol. The zero-order valence-corrected chi connectivity index (χ0v) is 15.0. The van der Waals surface area contributed by atoms with Gasteiger partial charge in [0.25, 0.3) is 0 Å². The van der Waals surface area contributed by atoms with E-state index in [0.29, 0.717) is 0 Å². The fourth-order valence-electron chi connectivity index (χ4n) is 2.03. The topological polar surface area (TPSA) is 15.8 Å². The molecule has 0 spiro atoms. The van der Waals surface area contributed by atoms with Gasteiger partial charge in [-0.3, -0.25) is 0 Å². The molecule has 0 saturated carbocycles. The van der Waals surface area contributed by atoms with Gasteiger partial charge < -0.3 is 42.2 Å². The number of hydrogen-bond acceptors (Lipinski definition) is 0. The molecule has 5 heteroatoms. The van der Waals surface area contributed by atoms with Crippen molar-refractivity contribution in [3.63, 3.8) is 0 Å². The van der Waals surface area contributed by atoms with Crippen LogP contribution in [0.15, 0.2) is 36.4 Å². The standard InChI is InChI=1S/C14H12N.3ClH.Zr/c1-2-12-9-11-8-7-10-5-3-4-6-13(10)14(11)15-12;;;;/h3-8,15H,2H2,1H3;3*1H;/q-1;;;;+4/p-3. The molecule has 1 heterocycles. The summed E-state index contributed by atoms with van der Waals surface area (Å²) < 4.78 is 0. The molecule has 1 nitrogen and oxygen atoms in total. The summed E-state index contributed by atoms with van der Waals surface area (Å²) in [5.74, 6) is 0. The average Bonchev–Trinajstić information content (AvgIpc) is 2.72. The fourth-order valence-corrected chi connectivity index (χ4v) is 2.03. The summed E-state index contributed by atoms with van der Waals surface area (Å²) in [6.07, 6.45) is 1.00. The normalized spacial score (nSPS) is 8.89. The summed E-state index contributed by atoms with van der Waals surface area (Å²) in [5.41, 5.74) is 2.39. The van der Waals surface area contributed by atoms with Crippen molar-refractivity contribution < 1.29 is 63.4 Å². The van der Waals surface area contributed by atoms with Crippen molar-refractivity contribution in [1.82, 2.24) is 4.98 Å². The maximum absolute atomic E-state index is 3.43. The minimum atomic E-state index is 0. The van der Waals surface area contributed by atoms with E-state index < -0.39 is 0 Å². The van der Waals surface area contributed by atoms with Gasteiger partial charge in [0, 0.05) is 0 Å². The third-order valence-electron chi connectivity index (χ3n) is 2.84. The van der Waals surface area contributed by atoms with E-state index in [1.54, 1.807) is 0 Å². The van der Waals surface area contributed by atoms with Crippen LogP contribution < -0.4 is 37.2 Å². The Morgan fingerprint density at radius 2 is 1.68 bits per heavy atom. The van der Waals surface area contributed by atoms with Crippen LogP contribution in [0.2, 0.25) is 0 Å². The zero-order valence-electron chi connectivity index (χ0n) is 10.3. The predicted octanol–water partition coefficient (Wildman–Crippen LogP) is -5.31. The second kappa shape index (κ2) is 9.03. The number of hydrogen-bond donors (Lipinski definition) is 1. The molecule has 0 bridgehead atoms. The second-order valence-electron chi connectivity index (χ2n) is 3.79. The molecule has 0 aliphatic carbocycles. The molecule has 0 atom stereocenters. The molecule has 19 heavy (non-hydrogen) atoms. The van der Waals surface area contributed by atoms with Gasteiger partial charge in [-0.15, -0.1) is 6.07 Å². The van der Waals surface area contributed by atoms with E-state index in [1.807, 2.05) is 0 Å². The van der Waals surface area contributed by atoms with Crippen LogP contribution in [0.1, 0.15) is 12.6 Å². The maximum atomic E-state index is 3.43. The summed E-state index contributed by atoms with van der Waals surface area (Å²) in [6.45, 7) is 2.14. The molecule has 2 aromatic carbocycles. The smallest absolute Gasteiger partial charge is 1.00 e. The number of nitrogens with one attached hydrogen (secondary N) is 1. The largest absolute Gasteiger partial charge is 4.00 e. The van der Waals surface area contributed by atoms with Crippen molar-refractivity contribution in [2.75, 3.05) is 0 Å². The van der Waals surface area contributed by atoms with Gasteiger partial charge >= 0.3 is 26.2 Å². The van der Waals surface area contributed by atoms with Gasteiger partial charge in [-0.2, -0.15) is 17.5 Å². The van der Waals surface area contributed by atoms with Crippen LogP contribution in [0.4, 0.5) is 0 Å². The van der Waals surface area contributed by atoms with Gasteiger partial charge in [-0.25, -0.2) is 0 Å². The first-order valence-corrected chi connectivity index (χ1v) is 5.30. The Hall–Kier alpha value is -0.00688. The van der Waals surface area contributed by atoms with Crippen LogP contribution in [0.25, 0.3) is 21.7 Å². The van der Waals surface area contributed by atoms with Crippen molar-refractivity contribution in [2.45, 2.75) is 13.3 Å². The number of rotatable bonds is 1. The van der Waals surface area contributed by atoms with Crippen LogP contribution in [-0.4, -0.2) is 4.98 Å². The van der Waals surface area contributed by atoms with E-state index in [2.05, 4.69) is 54.4 Å². The molecule has 1 N–H and O–H groups in total. The summed E-state index contributed by atoms with van der Waals surface area (Å²) in [4.78, 5) is 3.43. The number of halogens is 3. The molecular weight excluding hydrogens is 380 g/mol. The van der Waals surface area contributed by atoms with Crippen LogP contribution in [0.3, 0.4) is 0 Å². The van der Waals surface area contributed by atoms with Crippen molar-refractivity contribution in [1.29, 1.82) is 0 Å². The molecule has 0 saturated heterocycles. The van der Waals surface area contributed by atoms with Gasteiger partial charge in [0.1, 0.15) is 0 Å². The van der Waals surface area contributed by atoms with E-state index in [4.69, 9.17) is 0 Å². The van der Waals surface area contributed by atoms with Gasteiger partial charge in [0.2, 0.25) is 0 Å². The van der Waals surface area contributed by atoms with Gasteiger partial charge in [0.15, 0.2) is 0 Å². The SMILES string of the molecule is CCc1[c-]c2ccc3ccccc3c2[nH]1.[Cl-].[Cl-].[Cl-].[Zr+4]. The van der Waals surface area contributed by atoms with E-state index in [1.165, 1.54) is 27.4 Å². The zero-order chi connectivity index (χ0) is 10.3. The maximum Gasteiger partial charge on any atom is 4.00 e. The summed E-state index contributed by atoms with van der Waals surface area (Å²) >= 11 is 0. The molecule has 0 unspecified atom stereocenters. The molecule has 0 radical (unpaired) electrons. The minimum absolute atomic E-state index is 0. The molecular formula is C14H12Cl3NZr. The third kappa shape index (κ3) is 3.98. The van der Waals surface area contributed by atoms with Crippen LogP contribution in [0.5, 0.6) is 0 Å². The number of fused-ring (bicyclic) bond motifs is 3. The number of aromatic amines is 1. The fraction of sp³-hybridized carbons (Fsp3) is 0.143. The molecule has 0 aliphatic rings. The number of H-pyrrole nitrogens is 1. The van der Waals surface area contributed by atoms with Crippen LogP contribution in [0, 0.1) is 6.07 Å². The Balaban J connectivity index is 0. The van der Waals surface area contributed by atoms with Gasteiger partial charge in [-0.05, 0) is 11.8 Å². The van der Waals surface area contributed by atoms with Crippen molar-refractivity contribution >= 4 is 21.7 Å². The summed E-state index contributed by atoms with van der Waals surface area (Å²) in [6, 6.07) is 16.1. The van der Waals surface area contributed by atoms with E-state index in [9.17, 15) is 0 Å². The summed E-state index contributed by atoms with van der Waals surface area (Å²) in [7, 11) is 0. The Morgan fingerprint density at radius 3 is 2.37 bits per heavy atom. The average molecular weight is 392 g/mol. The van der Waals surface area contributed by atoms with E-state index in [0.717, 1.165) is 6.42 Å². The monoisotopic (exact) mass is 389 g/mol. The number of benzene rings is 2. The van der Waals surface area contributed by atoms with Crippen molar-refractivity contribution in [3.05, 3.63) is 48.2 Å². The Morgan fingerprint density at radius 1 is 1.00 bits per heavy atom. The molecule has 98 valence electrons. The minimum Gasteiger partial charge on any atom is -1.00 e. The Bertz CT molecular complexity index is 637. The number of aryl methyl sites for hydroxylation is 1. The third-order valence-corrected chi connectivity index (χ3v) is 2.84. The first-order chi connectivity index (χ1) is 7.38. The van der Waals surface area contributed by atoms with Crippen LogP contribution >= 0.6 is 0 Å². The van der Waals surface area contributed by atoms with Crippen molar-refractivity contribution in [3.8, 4) is 0 Å². The molecule has 3 rings (SSSR count). The molecule has 0 fully saturated rings. The molecule has 3 aromatic rings. The van der Waals surface area contributed by atoms with E-state index in [-0.39, 0.29) is 63.4 Å².